The van der Waals surface area contributed by atoms with Crippen molar-refractivity contribution in [2.24, 2.45) is 0 Å². The number of piperidine rings is 1. The van der Waals surface area contributed by atoms with Gasteiger partial charge < -0.3 is 10.0 Å². The van der Waals surface area contributed by atoms with E-state index in [-0.39, 0.29) is 24.4 Å². The number of halogens is 1. The molecule has 1 saturated heterocycles. The number of benzene rings is 3. The number of hydrogen-bond acceptors (Lipinski definition) is 2. The maximum absolute atomic E-state index is 10.2. The largest absolute Gasteiger partial charge is 0.395 e. The fourth-order valence-corrected chi connectivity index (χ4v) is 4.53. The lowest BCUT2D eigenvalue weighted by atomic mass is 9.73. The van der Waals surface area contributed by atoms with Crippen molar-refractivity contribution >= 4 is 12.4 Å². The topological polar surface area (TPSA) is 23.5 Å². The van der Waals surface area contributed by atoms with Gasteiger partial charge in [0.05, 0.1) is 6.61 Å². The zero-order chi connectivity index (χ0) is 19.2. The van der Waals surface area contributed by atoms with Crippen LogP contribution >= 0.6 is 12.4 Å². The average Bonchev–Trinajstić information content (AvgIpc) is 2.80. The van der Waals surface area contributed by atoms with Crippen molar-refractivity contribution in [1.82, 2.24) is 4.90 Å². The van der Waals surface area contributed by atoms with Gasteiger partial charge in [-0.2, -0.15) is 0 Å². The lowest BCUT2D eigenvalue weighted by Gasteiger charge is -2.42. The maximum Gasteiger partial charge on any atom is 0.0528 e. The quantitative estimate of drug-likeness (QED) is 0.601. The smallest absolute Gasteiger partial charge is 0.0528 e. The Kier molecular flexibility index (Phi) is 7.49. The minimum Gasteiger partial charge on any atom is -0.395 e. The van der Waals surface area contributed by atoms with Crippen molar-refractivity contribution in [3.63, 3.8) is 0 Å². The van der Waals surface area contributed by atoms with Crippen LogP contribution in [0.2, 0.25) is 0 Å². The minimum absolute atomic E-state index is 0. The Labute approximate surface area is 180 Å². The molecule has 152 valence electrons. The monoisotopic (exact) mass is 407 g/mol. The number of rotatable bonds is 6. The van der Waals surface area contributed by atoms with Crippen molar-refractivity contribution in [2.75, 3.05) is 26.2 Å². The van der Waals surface area contributed by atoms with Crippen LogP contribution in [0.1, 0.15) is 35.4 Å². The summed E-state index contributed by atoms with van der Waals surface area (Å²) < 4.78 is 0. The van der Waals surface area contributed by atoms with Crippen molar-refractivity contribution in [2.45, 2.75) is 24.2 Å². The van der Waals surface area contributed by atoms with Gasteiger partial charge in [0.15, 0.2) is 0 Å². The molecule has 4 rings (SSSR count). The Bertz CT molecular complexity index is 806. The van der Waals surface area contributed by atoms with Gasteiger partial charge >= 0.3 is 0 Å². The molecule has 0 radical (unpaired) electrons. The molecule has 3 aromatic rings. The van der Waals surface area contributed by atoms with E-state index in [2.05, 4.69) is 89.8 Å². The first-order valence-electron chi connectivity index (χ1n) is 10.3. The summed E-state index contributed by atoms with van der Waals surface area (Å²) in [5.41, 5.74) is 3.93. The SMILES string of the molecule is Cl.OCC1(c2ccccc2)CCN(CC(c2ccccc2)c2ccccc2)CC1. The van der Waals surface area contributed by atoms with Gasteiger partial charge in [0, 0.05) is 17.9 Å². The summed E-state index contributed by atoms with van der Waals surface area (Å²) in [5.74, 6) is 0.376. The number of aliphatic hydroxyl groups is 1. The molecule has 1 N–H and O–H groups in total. The summed E-state index contributed by atoms with van der Waals surface area (Å²) in [7, 11) is 0. The normalized spacial score (nSPS) is 16.3. The third-order valence-electron chi connectivity index (χ3n) is 6.35. The molecule has 0 saturated carbocycles. The highest BCUT2D eigenvalue weighted by Crippen LogP contribution is 2.36. The average molecular weight is 408 g/mol. The predicted molar refractivity (Wildman–Crippen MR) is 123 cm³/mol. The summed E-state index contributed by atoms with van der Waals surface area (Å²) in [6.45, 7) is 3.28. The lowest BCUT2D eigenvalue weighted by molar-refractivity contribution is 0.0994. The number of likely N-dealkylation sites (tertiary alicyclic amines) is 1. The van der Waals surface area contributed by atoms with Crippen LogP contribution in [-0.2, 0) is 5.41 Å². The molecule has 1 aliphatic heterocycles. The van der Waals surface area contributed by atoms with Crippen molar-refractivity contribution in [3.05, 3.63) is 108 Å². The van der Waals surface area contributed by atoms with Crippen LogP contribution in [-0.4, -0.2) is 36.2 Å². The fraction of sp³-hybridized carbons (Fsp3) is 0.308. The molecule has 3 heteroatoms. The molecule has 1 aliphatic rings. The summed E-state index contributed by atoms with van der Waals surface area (Å²) in [6, 6.07) is 32.2. The summed E-state index contributed by atoms with van der Waals surface area (Å²) in [5, 5.41) is 10.2. The molecule has 0 aliphatic carbocycles. The van der Waals surface area contributed by atoms with E-state index in [9.17, 15) is 5.11 Å². The van der Waals surface area contributed by atoms with Crippen LogP contribution in [0.25, 0.3) is 0 Å². The fourth-order valence-electron chi connectivity index (χ4n) is 4.53. The standard InChI is InChI=1S/C26H29NO.ClH/c28-21-26(24-14-8-3-9-15-24)16-18-27(19-17-26)20-25(22-10-4-1-5-11-22)23-12-6-2-7-13-23;/h1-15,25,28H,16-21H2;1H. The second-order valence-electron chi connectivity index (χ2n) is 7.98. The first kappa shape index (κ1) is 21.6. The highest BCUT2D eigenvalue weighted by Gasteiger charge is 2.36. The molecule has 0 amide bonds. The number of aliphatic hydroxyl groups excluding tert-OH is 1. The summed E-state index contributed by atoms with van der Waals surface area (Å²) in [6.07, 6.45) is 2.01. The Balaban J connectivity index is 0.00000240. The Morgan fingerprint density at radius 3 is 1.62 bits per heavy atom. The van der Waals surface area contributed by atoms with Gasteiger partial charge in [0.1, 0.15) is 0 Å². The summed E-state index contributed by atoms with van der Waals surface area (Å²) in [4.78, 5) is 2.57. The zero-order valence-corrected chi connectivity index (χ0v) is 17.6. The first-order chi connectivity index (χ1) is 13.8. The van der Waals surface area contributed by atoms with E-state index in [0.717, 1.165) is 32.5 Å². The zero-order valence-electron chi connectivity index (χ0n) is 16.8. The van der Waals surface area contributed by atoms with E-state index in [0.29, 0.717) is 5.92 Å². The third-order valence-corrected chi connectivity index (χ3v) is 6.35. The Hall–Kier alpha value is -2.13. The van der Waals surface area contributed by atoms with Crippen LogP contribution in [0.4, 0.5) is 0 Å². The van der Waals surface area contributed by atoms with E-state index in [1.807, 2.05) is 6.07 Å². The molecule has 1 fully saturated rings. The van der Waals surface area contributed by atoms with Crippen LogP contribution < -0.4 is 0 Å². The molecule has 29 heavy (non-hydrogen) atoms. The van der Waals surface area contributed by atoms with E-state index in [4.69, 9.17) is 0 Å². The molecule has 2 nitrogen and oxygen atoms in total. The minimum atomic E-state index is -0.0905. The Morgan fingerprint density at radius 2 is 1.17 bits per heavy atom. The van der Waals surface area contributed by atoms with E-state index < -0.39 is 0 Å². The first-order valence-corrected chi connectivity index (χ1v) is 10.3. The summed E-state index contributed by atoms with van der Waals surface area (Å²) >= 11 is 0. The van der Waals surface area contributed by atoms with Gasteiger partial charge in [-0.1, -0.05) is 91.0 Å². The maximum atomic E-state index is 10.2. The molecule has 3 aromatic carbocycles. The molecule has 0 atom stereocenters. The van der Waals surface area contributed by atoms with Crippen LogP contribution in [0.3, 0.4) is 0 Å². The second kappa shape index (κ2) is 10.1. The Morgan fingerprint density at radius 1 is 0.724 bits per heavy atom. The van der Waals surface area contributed by atoms with Crippen molar-refractivity contribution in [1.29, 1.82) is 0 Å². The third kappa shape index (κ3) is 4.90. The van der Waals surface area contributed by atoms with E-state index in [1.54, 1.807) is 0 Å². The molecule has 0 aromatic heterocycles. The molecular weight excluding hydrogens is 378 g/mol. The van der Waals surface area contributed by atoms with Crippen LogP contribution in [0.15, 0.2) is 91.0 Å². The van der Waals surface area contributed by atoms with Crippen LogP contribution in [0, 0.1) is 0 Å². The van der Waals surface area contributed by atoms with Gasteiger partial charge in [-0.3, -0.25) is 0 Å². The highest BCUT2D eigenvalue weighted by molar-refractivity contribution is 5.85. The van der Waals surface area contributed by atoms with E-state index >= 15 is 0 Å². The molecule has 1 heterocycles. The van der Waals surface area contributed by atoms with Gasteiger partial charge in [-0.05, 0) is 42.6 Å². The van der Waals surface area contributed by atoms with Crippen molar-refractivity contribution in [3.8, 4) is 0 Å². The number of nitrogens with zero attached hydrogens (tertiary/aromatic N) is 1. The molecule has 0 unspecified atom stereocenters. The van der Waals surface area contributed by atoms with Gasteiger partial charge in [0.2, 0.25) is 0 Å². The van der Waals surface area contributed by atoms with Gasteiger partial charge in [0.25, 0.3) is 0 Å². The lowest BCUT2D eigenvalue weighted by Crippen LogP contribution is -2.45. The van der Waals surface area contributed by atoms with E-state index in [1.165, 1.54) is 16.7 Å². The molecular formula is C26H30ClNO. The van der Waals surface area contributed by atoms with Gasteiger partial charge in [-0.15, -0.1) is 12.4 Å². The molecule has 0 bridgehead atoms. The van der Waals surface area contributed by atoms with Crippen molar-refractivity contribution < 1.29 is 5.11 Å². The van der Waals surface area contributed by atoms with Crippen LogP contribution in [0.5, 0.6) is 0 Å². The van der Waals surface area contributed by atoms with Gasteiger partial charge in [-0.25, -0.2) is 0 Å². The second-order valence-corrected chi connectivity index (χ2v) is 7.98. The highest BCUT2D eigenvalue weighted by atomic mass is 35.5. The molecule has 0 spiro atoms. The number of hydrogen-bond donors (Lipinski definition) is 1. The predicted octanol–water partition coefficient (Wildman–Crippen LogP) is 5.27.